The van der Waals surface area contributed by atoms with Crippen LogP contribution in [0.3, 0.4) is 0 Å². The SMILES string of the molecule is COc1ccc(-c2noc(/C(Cl)=C/c3cccs3)n2)cc1. The minimum atomic E-state index is 0.302. The van der Waals surface area contributed by atoms with Crippen molar-refractivity contribution in [3.05, 3.63) is 52.5 Å². The van der Waals surface area contributed by atoms with E-state index in [1.165, 1.54) is 0 Å². The van der Waals surface area contributed by atoms with Gasteiger partial charge in [0.1, 0.15) is 10.8 Å². The van der Waals surface area contributed by atoms with Crippen molar-refractivity contribution in [2.24, 2.45) is 0 Å². The number of benzene rings is 1. The van der Waals surface area contributed by atoms with Crippen molar-refractivity contribution in [3.63, 3.8) is 0 Å². The molecule has 0 aliphatic heterocycles. The van der Waals surface area contributed by atoms with Crippen LogP contribution in [-0.4, -0.2) is 17.3 Å². The Kier molecular flexibility index (Phi) is 4.03. The molecule has 2 heterocycles. The second-order valence-corrected chi connectivity index (χ2v) is 5.55. The molecule has 3 aromatic rings. The normalized spacial score (nSPS) is 11.6. The first-order valence-corrected chi connectivity index (χ1v) is 7.41. The summed E-state index contributed by atoms with van der Waals surface area (Å²) in [6, 6.07) is 11.3. The Morgan fingerprint density at radius 3 is 2.76 bits per heavy atom. The van der Waals surface area contributed by atoms with Gasteiger partial charge in [-0.05, 0) is 41.8 Å². The van der Waals surface area contributed by atoms with Gasteiger partial charge in [-0.15, -0.1) is 11.3 Å². The number of halogens is 1. The number of thiophene rings is 1. The molecule has 1 aromatic carbocycles. The molecule has 0 aliphatic carbocycles. The molecule has 0 unspecified atom stereocenters. The Bertz CT molecular complexity index is 748. The van der Waals surface area contributed by atoms with Crippen LogP contribution in [0.25, 0.3) is 22.5 Å². The highest BCUT2D eigenvalue weighted by Gasteiger charge is 2.11. The summed E-state index contributed by atoms with van der Waals surface area (Å²) in [5, 5.41) is 6.34. The van der Waals surface area contributed by atoms with E-state index in [0.717, 1.165) is 16.2 Å². The maximum Gasteiger partial charge on any atom is 0.269 e. The van der Waals surface area contributed by atoms with Gasteiger partial charge < -0.3 is 9.26 Å². The summed E-state index contributed by atoms with van der Waals surface area (Å²) >= 11 is 7.79. The molecule has 0 saturated heterocycles. The number of ether oxygens (including phenoxy) is 1. The van der Waals surface area contributed by atoms with E-state index in [1.807, 2.05) is 41.8 Å². The molecule has 2 aromatic heterocycles. The van der Waals surface area contributed by atoms with Crippen LogP contribution in [0.15, 0.2) is 46.3 Å². The van der Waals surface area contributed by atoms with Crippen molar-refractivity contribution >= 4 is 34.0 Å². The van der Waals surface area contributed by atoms with Crippen molar-refractivity contribution in [2.45, 2.75) is 0 Å². The molecule has 4 nitrogen and oxygen atoms in total. The zero-order valence-corrected chi connectivity index (χ0v) is 12.7. The van der Waals surface area contributed by atoms with Gasteiger partial charge in [-0.2, -0.15) is 4.98 Å². The van der Waals surface area contributed by atoms with Crippen molar-refractivity contribution in [1.82, 2.24) is 10.1 Å². The van der Waals surface area contributed by atoms with Crippen LogP contribution in [0.1, 0.15) is 10.8 Å². The predicted octanol–water partition coefficient (Wildman–Crippen LogP) is 4.54. The van der Waals surface area contributed by atoms with Crippen LogP contribution in [0, 0.1) is 0 Å². The van der Waals surface area contributed by atoms with E-state index in [0.29, 0.717) is 16.7 Å². The number of rotatable bonds is 4. The molecular weight excluding hydrogens is 308 g/mol. The molecule has 6 heteroatoms. The van der Waals surface area contributed by atoms with Crippen LogP contribution in [0.4, 0.5) is 0 Å². The van der Waals surface area contributed by atoms with E-state index in [2.05, 4.69) is 10.1 Å². The highest BCUT2D eigenvalue weighted by atomic mass is 35.5. The quantitative estimate of drug-likeness (QED) is 0.708. The minimum absolute atomic E-state index is 0.302. The number of hydrogen-bond acceptors (Lipinski definition) is 5. The van der Waals surface area contributed by atoms with Crippen LogP contribution in [0.5, 0.6) is 5.75 Å². The summed E-state index contributed by atoms with van der Waals surface area (Å²) in [5.74, 6) is 1.57. The lowest BCUT2D eigenvalue weighted by Gasteiger charge is -1.98. The van der Waals surface area contributed by atoms with E-state index >= 15 is 0 Å². The molecule has 0 radical (unpaired) electrons. The van der Waals surface area contributed by atoms with Gasteiger partial charge in [0.15, 0.2) is 0 Å². The Labute approximate surface area is 130 Å². The number of hydrogen-bond donors (Lipinski definition) is 0. The first-order valence-electron chi connectivity index (χ1n) is 6.15. The zero-order valence-electron chi connectivity index (χ0n) is 11.1. The third-order valence-corrected chi connectivity index (χ3v) is 3.88. The fourth-order valence-electron chi connectivity index (χ4n) is 1.74. The largest absolute Gasteiger partial charge is 0.497 e. The van der Waals surface area contributed by atoms with Gasteiger partial charge in [-0.1, -0.05) is 22.8 Å². The second-order valence-electron chi connectivity index (χ2n) is 4.16. The lowest BCUT2D eigenvalue weighted by molar-refractivity contribution is 0.410. The predicted molar refractivity (Wildman–Crippen MR) is 84.3 cm³/mol. The maximum atomic E-state index is 6.20. The van der Waals surface area contributed by atoms with Crippen LogP contribution in [0.2, 0.25) is 0 Å². The molecule has 3 rings (SSSR count). The summed E-state index contributed by atoms with van der Waals surface area (Å²) < 4.78 is 10.3. The van der Waals surface area contributed by atoms with Crippen LogP contribution < -0.4 is 4.74 Å². The highest BCUT2D eigenvalue weighted by molar-refractivity contribution is 7.11. The lowest BCUT2D eigenvalue weighted by Crippen LogP contribution is -1.84. The fraction of sp³-hybridized carbons (Fsp3) is 0.0667. The Morgan fingerprint density at radius 1 is 1.29 bits per heavy atom. The van der Waals surface area contributed by atoms with E-state index in [1.54, 1.807) is 24.5 Å². The number of nitrogens with zero attached hydrogens (tertiary/aromatic N) is 2. The third-order valence-electron chi connectivity index (χ3n) is 2.79. The average molecular weight is 319 g/mol. The summed E-state index contributed by atoms with van der Waals surface area (Å²) in [4.78, 5) is 5.33. The van der Waals surface area contributed by atoms with E-state index in [4.69, 9.17) is 20.9 Å². The van der Waals surface area contributed by atoms with Gasteiger partial charge in [0.05, 0.1) is 7.11 Å². The number of methoxy groups -OCH3 is 1. The molecule has 0 aliphatic rings. The molecule has 0 fully saturated rings. The van der Waals surface area contributed by atoms with Crippen molar-refractivity contribution < 1.29 is 9.26 Å². The maximum absolute atomic E-state index is 6.20. The molecular formula is C15H11ClN2O2S. The molecule has 0 atom stereocenters. The topological polar surface area (TPSA) is 48.2 Å². The molecule has 21 heavy (non-hydrogen) atoms. The van der Waals surface area contributed by atoms with Crippen LogP contribution in [-0.2, 0) is 0 Å². The standard InChI is InChI=1S/C15H11ClN2O2S/c1-19-11-6-4-10(5-7-11)14-17-15(20-18-14)13(16)9-12-3-2-8-21-12/h2-9H,1H3/b13-9-. The number of aromatic nitrogens is 2. The Balaban J connectivity index is 1.85. The molecule has 0 bridgehead atoms. The van der Waals surface area contributed by atoms with Gasteiger partial charge in [0.2, 0.25) is 5.82 Å². The van der Waals surface area contributed by atoms with Gasteiger partial charge in [-0.25, -0.2) is 0 Å². The smallest absolute Gasteiger partial charge is 0.269 e. The second kappa shape index (κ2) is 6.11. The van der Waals surface area contributed by atoms with Gasteiger partial charge in [-0.3, -0.25) is 0 Å². The average Bonchev–Trinajstić information content (AvgIpc) is 3.18. The van der Waals surface area contributed by atoms with Gasteiger partial charge >= 0.3 is 0 Å². The van der Waals surface area contributed by atoms with E-state index < -0.39 is 0 Å². The third kappa shape index (κ3) is 3.15. The summed E-state index contributed by atoms with van der Waals surface area (Å²) in [7, 11) is 1.62. The molecule has 106 valence electrons. The molecule has 0 amide bonds. The molecule has 0 N–H and O–H groups in total. The van der Waals surface area contributed by atoms with E-state index in [9.17, 15) is 0 Å². The Hall–Kier alpha value is -2.11. The first-order chi connectivity index (χ1) is 10.3. The molecule has 0 spiro atoms. The van der Waals surface area contributed by atoms with Crippen LogP contribution >= 0.6 is 22.9 Å². The van der Waals surface area contributed by atoms with E-state index in [-0.39, 0.29) is 0 Å². The van der Waals surface area contributed by atoms with Crippen molar-refractivity contribution in [2.75, 3.05) is 7.11 Å². The zero-order chi connectivity index (χ0) is 14.7. The molecule has 0 saturated carbocycles. The first kappa shape index (κ1) is 13.9. The van der Waals surface area contributed by atoms with Gasteiger partial charge in [0.25, 0.3) is 5.89 Å². The minimum Gasteiger partial charge on any atom is -0.497 e. The summed E-state index contributed by atoms with van der Waals surface area (Å²) in [6.07, 6.45) is 1.80. The van der Waals surface area contributed by atoms with Gasteiger partial charge in [0, 0.05) is 10.4 Å². The van der Waals surface area contributed by atoms with Crippen molar-refractivity contribution in [1.29, 1.82) is 0 Å². The lowest BCUT2D eigenvalue weighted by atomic mass is 10.2. The summed E-state index contributed by atoms with van der Waals surface area (Å²) in [5.41, 5.74) is 0.839. The monoisotopic (exact) mass is 318 g/mol. The highest BCUT2D eigenvalue weighted by Crippen LogP contribution is 2.26. The summed E-state index contributed by atoms with van der Waals surface area (Å²) in [6.45, 7) is 0. The fourth-order valence-corrected chi connectivity index (χ4v) is 2.65. The van der Waals surface area contributed by atoms with Crippen molar-refractivity contribution in [3.8, 4) is 17.1 Å². The Morgan fingerprint density at radius 2 is 2.10 bits per heavy atom.